The SMILES string of the molecule is Br.Br.Oc1ccc2c(Nc3cnnc(-c4cc(Cl)ccc4F)c3)ccnc2c1. The molecule has 0 amide bonds. The van der Waals surface area contributed by atoms with Crippen LogP contribution in [0.25, 0.3) is 22.2 Å². The molecule has 2 aromatic heterocycles. The van der Waals surface area contributed by atoms with E-state index in [9.17, 15) is 9.50 Å². The third kappa shape index (κ3) is 4.57. The van der Waals surface area contributed by atoms with E-state index in [4.69, 9.17) is 11.6 Å². The summed E-state index contributed by atoms with van der Waals surface area (Å²) in [5, 5.41) is 22.0. The maximum absolute atomic E-state index is 14.1. The molecule has 0 radical (unpaired) electrons. The maximum atomic E-state index is 14.1. The van der Waals surface area contributed by atoms with Crippen LogP contribution in [-0.2, 0) is 0 Å². The first-order valence-corrected chi connectivity index (χ1v) is 8.11. The Kier molecular flexibility index (Phi) is 7.29. The van der Waals surface area contributed by atoms with Gasteiger partial charge in [-0.15, -0.1) is 34.0 Å². The molecular weight excluding hydrogens is 514 g/mol. The average Bonchev–Trinajstić information content (AvgIpc) is 2.64. The second-order valence-electron chi connectivity index (χ2n) is 5.64. The predicted octanol–water partition coefficient (Wildman–Crippen LogP) is 6.09. The minimum Gasteiger partial charge on any atom is -0.508 e. The number of aromatic hydroxyl groups is 1. The summed E-state index contributed by atoms with van der Waals surface area (Å²) >= 11 is 5.96. The third-order valence-electron chi connectivity index (χ3n) is 3.86. The number of aromatic nitrogens is 3. The van der Waals surface area contributed by atoms with Crippen LogP contribution in [0.4, 0.5) is 15.8 Å². The van der Waals surface area contributed by atoms with E-state index < -0.39 is 5.82 Å². The highest BCUT2D eigenvalue weighted by molar-refractivity contribution is 8.93. The Balaban J connectivity index is 0.00000140. The van der Waals surface area contributed by atoms with E-state index in [1.54, 1.807) is 42.7 Å². The van der Waals surface area contributed by atoms with Crippen molar-refractivity contribution in [3.05, 3.63) is 71.8 Å². The van der Waals surface area contributed by atoms with Gasteiger partial charge in [0.2, 0.25) is 0 Å². The summed E-state index contributed by atoms with van der Waals surface area (Å²) in [7, 11) is 0. The Morgan fingerprint density at radius 2 is 1.82 bits per heavy atom. The number of halogens is 4. The lowest BCUT2D eigenvalue weighted by atomic mass is 10.1. The molecular formula is C19H14Br2ClFN4O. The summed E-state index contributed by atoms with van der Waals surface area (Å²) in [6, 6.07) is 12.7. The molecule has 0 bridgehead atoms. The van der Waals surface area contributed by atoms with Gasteiger partial charge in [-0.05, 0) is 42.5 Å². The zero-order valence-electron chi connectivity index (χ0n) is 14.1. The normalized spacial score (nSPS) is 10.1. The highest BCUT2D eigenvalue weighted by atomic mass is 79.9. The minimum absolute atomic E-state index is 0. The van der Waals surface area contributed by atoms with Gasteiger partial charge in [-0.25, -0.2) is 4.39 Å². The van der Waals surface area contributed by atoms with Crippen molar-refractivity contribution in [3.8, 4) is 17.0 Å². The Hall–Kier alpha value is -2.29. The van der Waals surface area contributed by atoms with Crippen molar-refractivity contribution >= 4 is 67.8 Å². The molecule has 9 heteroatoms. The predicted molar refractivity (Wildman–Crippen MR) is 120 cm³/mol. The van der Waals surface area contributed by atoms with Gasteiger partial charge in [0.25, 0.3) is 0 Å². The minimum atomic E-state index is -0.425. The Morgan fingerprint density at radius 3 is 2.64 bits per heavy atom. The molecule has 4 aromatic rings. The molecule has 2 aromatic carbocycles. The van der Waals surface area contributed by atoms with Crippen molar-refractivity contribution in [1.29, 1.82) is 0 Å². The van der Waals surface area contributed by atoms with E-state index in [2.05, 4.69) is 20.5 Å². The molecule has 2 heterocycles. The third-order valence-corrected chi connectivity index (χ3v) is 4.10. The van der Waals surface area contributed by atoms with E-state index in [0.717, 1.165) is 11.1 Å². The Morgan fingerprint density at radius 1 is 1.00 bits per heavy atom. The van der Waals surface area contributed by atoms with Crippen molar-refractivity contribution in [2.75, 3.05) is 5.32 Å². The van der Waals surface area contributed by atoms with Gasteiger partial charge >= 0.3 is 0 Å². The number of hydrogen-bond donors (Lipinski definition) is 2. The molecule has 0 fully saturated rings. The molecule has 4 rings (SSSR count). The van der Waals surface area contributed by atoms with Gasteiger partial charge in [-0.1, -0.05) is 11.6 Å². The topological polar surface area (TPSA) is 70.9 Å². The molecule has 0 saturated heterocycles. The summed E-state index contributed by atoms with van der Waals surface area (Å²) in [6.45, 7) is 0. The number of fused-ring (bicyclic) bond motifs is 1. The largest absolute Gasteiger partial charge is 0.508 e. The van der Waals surface area contributed by atoms with Crippen LogP contribution in [0.1, 0.15) is 0 Å². The van der Waals surface area contributed by atoms with Gasteiger partial charge in [-0.2, -0.15) is 10.2 Å². The number of phenols is 1. The maximum Gasteiger partial charge on any atom is 0.132 e. The lowest BCUT2D eigenvalue weighted by molar-refractivity contribution is 0.476. The van der Waals surface area contributed by atoms with Gasteiger partial charge in [0.15, 0.2) is 0 Å². The number of nitrogens with one attached hydrogen (secondary N) is 1. The van der Waals surface area contributed by atoms with E-state index >= 15 is 0 Å². The number of hydrogen-bond acceptors (Lipinski definition) is 5. The molecule has 0 atom stereocenters. The van der Waals surface area contributed by atoms with Crippen LogP contribution in [0.5, 0.6) is 5.75 Å². The first-order chi connectivity index (χ1) is 12.6. The number of pyridine rings is 1. The smallest absolute Gasteiger partial charge is 0.132 e. The lowest BCUT2D eigenvalue weighted by Crippen LogP contribution is -1.97. The molecule has 2 N–H and O–H groups in total. The van der Waals surface area contributed by atoms with Crippen molar-refractivity contribution in [3.63, 3.8) is 0 Å². The molecule has 0 unspecified atom stereocenters. The number of rotatable bonds is 3. The summed E-state index contributed by atoms with van der Waals surface area (Å²) in [5.41, 5.74) is 2.71. The van der Waals surface area contributed by atoms with Crippen molar-refractivity contribution < 1.29 is 9.50 Å². The fraction of sp³-hybridized carbons (Fsp3) is 0. The van der Waals surface area contributed by atoms with Crippen LogP contribution in [0.15, 0.2) is 60.9 Å². The van der Waals surface area contributed by atoms with Crippen molar-refractivity contribution in [1.82, 2.24) is 15.2 Å². The number of anilines is 2. The lowest BCUT2D eigenvalue weighted by Gasteiger charge is -2.10. The zero-order valence-corrected chi connectivity index (χ0v) is 18.3. The fourth-order valence-electron chi connectivity index (χ4n) is 2.66. The van der Waals surface area contributed by atoms with Crippen molar-refractivity contribution in [2.45, 2.75) is 0 Å². The van der Waals surface area contributed by atoms with Crippen LogP contribution in [-0.4, -0.2) is 20.3 Å². The Bertz CT molecular complexity index is 1130. The summed E-state index contributed by atoms with van der Waals surface area (Å²) < 4.78 is 14.1. The van der Waals surface area contributed by atoms with Crippen molar-refractivity contribution in [2.24, 2.45) is 0 Å². The van der Waals surface area contributed by atoms with E-state index in [-0.39, 0.29) is 45.3 Å². The van der Waals surface area contributed by atoms with Crippen LogP contribution < -0.4 is 5.32 Å². The quantitative estimate of drug-likeness (QED) is 0.337. The zero-order chi connectivity index (χ0) is 18.1. The molecule has 5 nitrogen and oxygen atoms in total. The summed E-state index contributed by atoms with van der Waals surface area (Å²) in [5.74, 6) is -0.280. The van der Waals surface area contributed by atoms with Gasteiger partial charge in [0.1, 0.15) is 11.6 Å². The average molecular weight is 529 g/mol. The van der Waals surface area contributed by atoms with Gasteiger partial charge in [-0.3, -0.25) is 4.98 Å². The molecule has 0 spiro atoms. The van der Waals surface area contributed by atoms with Crippen LogP contribution in [0.3, 0.4) is 0 Å². The van der Waals surface area contributed by atoms with E-state index in [1.807, 2.05) is 0 Å². The molecule has 0 aliphatic carbocycles. The van der Waals surface area contributed by atoms with Crippen LogP contribution in [0.2, 0.25) is 5.02 Å². The monoisotopic (exact) mass is 526 g/mol. The second kappa shape index (κ2) is 9.27. The number of benzene rings is 2. The molecule has 0 aliphatic rings. The fourth-order valence-corrected chi connectivity index (χ4v) is 2.83. The van der Waals surface area contributed by atoms with Crippen LogP contribution >= 0.6 is 45.6 Å². The first-order valence-electron chi connectivity index (χ1n) is 7.73. The van der Waals surface area contributed by atoms with Gasteiger partial charge in [0.05, 0.1) is 23.1 Å². The molecule has 0 aliphatic heterocycles. The second-order valence-corrected chi connectivity index (χ2v) is 6.08. The highest BCUT2D eigenvalue weighted by Crippen LogP contribution is 2.29. The molecule has 0 saturated carbocycles. The van der Waals surface area contributed by atoms with Gasteiger partial charge in [0, 0.05) is 33.9 Å². The molecule has 28 heavy (non-hydrogen) atoms. The highest BCUT2D eigenvalue weighted by Gasteiger charge is 2.10. The number of nitrogens with zero attached hydrogens (tertiary/aromatic N) is 3. The van der Waals surface area contributed by atoms with Gasteiger partial charge < -0.3 is 10.4 Å². The first kappa shape index (κ1) is 22.0. The summed E-state index contributed by atoms with van der Waals surface area (Å²) in [6.07, 6.45) is 3.18. The van der Waals surface area contributed by atoms with E-state index in [1.165, 1.54) is 18.2 Å². The standard InChI is InChI=1S/C19H12ClFN4O.2BrH/c20-11-1-4-16(21)15(7-11)19-8-12(10-23-25-19)24-17-5-6-22-18-9-13(26)2-3-14(17)18;;/h1-10,26H,(H,22,24,25);2*1H. The van der Waals surface area contributed by atoms with Crippen LogP contribution in [0, 0.1) is 5.82 Å². The summed E-state index contributed by atoms with van der Waals surface area (Å²) in [4.78, 5) is 4.24. The van der Waals surface area contributed by atoms with E-state index in [0.29, 0.717) is 21.9 Å². The Labute approximate surface area is 186 Å². The number of phenolic OH excluding ortho intramolecular Hbond substituents is 1. The molecule has 144 valence electrons.